The fourth-order valence-corrected chi connectivity index (χ4v) is 1.82. The Labute approximate surface area is 143 Å². The second kappa shape index (κ2) is 9.36. The number of anilines is 1. The standard InChI is InChI=1S/C16H16ClFN4O2/c1-2-21-8-11(7-19)16(24)14(6-15(17)20)22-13-4-3-12(18)5-10(13)9-23/h3-9,19-22H,2H2,1H3/b11-8+,14-6-,19-7?,20-15?. The molecular weight excluding hydrogens is 335 g/mol. The Morgan fingerprint density at radius 3 is 2.67 bits per heavy atom. The van der Waals surface area contributed by atoms with E-state index >= 15 is 0 Å². The van der Waals surface area contributed by atoms with Gasteiger partial charge in [-0.2, -0.15) is 0 Å². The summed E-state index contributed by atoms with van der Waals surface area (Å²) in [5, 5.41) is 19.7. The van der Waals surface area contributed by atoms with Gasteiger partial charge >= 0.3 is 0 Å². The number of Topliss-reactive ketones (excluding diaryl/α,β-unsaturated/α-hetero) is 1. The number of aldehydes is 1. The summed E-state index contributed by atoms with van der Waals surface area (Å²) in [6.07, 6.45) is 3.69. The summed E-state index contributed by atoms with van der Waals surface area (Å²) in [7, 11) is 0. The monoisotopic (exact) mass is 350 g/mol. The van der Waals surface area contributed by atoms with E-state index in [1.54, 1.807) is 0 Å². The fraction of sp³-hybridized carbons (Fsp3) is 0.125. The van der Waals surface area contributed by atoms with Gasteiger partial charge in [0.25, 0.3) is 0 Å². The summed E-state index contributed by atoms with van der Waals surface area (Å²) in [5.74, 6) is -1.21. The lowest BCUT2D eigenvalue weighted by Gasteiger charge is -2.12. The van der Waals surface area contributed by atoms with E-state index in [-0.39, 0.29) is 22.5 Å². The van der Waals surface area contributed by atoms with E-state index < -0.39 is 16.8 Å². The first-order valence-corrected chi connectivity index (χ1v) is 7.27. The number of carbonyl (C=O) groups excluding carboxylic acids is 2. The molecule has 4 N–H and O–H groups in total. The van der Waals surface area contributed by atoms with Crippen LogP contribution in [0.15, 0.2) is 41.7 Å². The van der Waals surface area contributed by atoms with Gasteiger partial charge in [0.1, 0.15) is 11.0 Å². The Balaban J connectivity index is 3.25. The van der Waals surface area contributed by atoms with E-state index in [9.17, 15) is 14.0 Å². The van der Waals surface area contributed by atoms with Crippen molar-refractivity contribution in [3.63, 3.8) is 0 Å². The lowest BCUT2D eigenvalue weighted by atomic mass is 10.1. The lowest BCUT2D eigenvalue weighted by Crippen LogP contribution is -2.18. The second-order valence-electron chi connectivity index (χ2n) is 4.51. The zero-order valence-electron chi connectivity index (χ0n) is 12.8. The molecule has 6 nitrogen and oxygen atoms in total. The third-order valence-corrected chi connectivity index (χ3v) is 2.91. The minimum absolute atomic E-state index is 0.00173. The van der Waals surface area contributed by atoms with Crippen LogP contribution in [0.5, 0.6) is 0 Å². The van der Waals surface area contributed by atoms with Crippen molar-refractivity contribution in [1.29, 1.82) is 10.8 Å². The van der Waals surface area contributed by atoms with Crippen LogP contribution in [-0.2, 0) is 4.79 Å². The van der Waals surface area contributed by atoms with Crippen molar-refractivity contribution < 1.29 is 14.0 Å². The zero-order valence-corrected chi connectivity index (χ0v) is 13.6. The molecular formula is C16H16ClFN4O2. The third kappa shape index (κ3) is 5.44. The molecule has 0 heterocycles. The van der Waals surface area contributed by atoms with Crippen LogP contribution in [0.4, 0.5) is 10.1 Å². The zero-order chi connectivity index (χ0) is 18.1. The van der Waals surface area contributed by atoms with Gasteiger partial charge in [-0.1, -0.05) is 11.6 Å². The summed E-state index contributed by atoms with van der Waals surface area (Å²) in [5.41, 5.74) is 0.0687. The Hall–Kier alpha value is -2.80. The van der Waals surface area contributed by atoms with E-state index in [1.807, 2.05) is 6.92 Å². The van der Waals surface area contributed by atoms with E-state index in [0.717, 1.165) is 24.4 Å². The minimum Gasteiger partial charge on any atom is -0.391 e. The molecule has 0 saturated heterocycles. The number of allylic oxidation sites excluding steroid dienone is 2. The molecule has 0 bridgehead atoms. The second-order valence-corrected chi connectivity index (χ2v) is 4.92. The van der Waals surface area contributed by atoms with Crippen LogP contribution in [0.2, 0.25) is 0 Å². The summed E-state index contributed by atoms with van der Waals surface area (Å²) in [6, 6.07) is 3.42. The quantitative estimate of drug-likeness (QED) is 0.312. The highest BCUT2D eigenvalue weighted by Gasteiger charge is 2.16. The van der Waals surface area contributed by atoms with Crippen LogP contribution in [0.25, 0.3) is 0 Å². The highest BCUT2D eigenvalue weighted by Crippen LogP contribution is 2.19. The molecule has 0 aliphatic rings. The maximum Gasteiger partial charge on any atom is 0.212 e. The molecule has 1 rings (SSSR count). The smallest absolute Gasteiger partial charge is 0.212 e. The molecule has 24 heavy (non-hydrogen) atoms. The van der Waals surface area contributed by atoms with Gasteiger partial charge in [-0.05, 0) is 25.1 Å². The molecule has 0 atom stereocenters. The van der Waals surface area contributed by atoms with Crippen LogP contribution >= 0.6 is 11.6 Å². The van der Waals surface area contributed by atoms with E-state index in [1.165, 1.54) is 12.3 Å². The van der Waals surface area contributed by atoms with Crippen LogP contribution in [0, 0.1) is 16.6 Å². The largest absolute Gasteiger partial charge is 0.391 e. The molecule has 0 amide bonds. The molecule has 0 aromatic heterocycles. The number of halogens is 2. The molecule has 0 unspecified atom stereocenters. The van der Waals surface area contributed by atoms with Crippen molar-refractivity contribution in [3.8, 4) is 0 Å². The number of benzene rings is 1. The predicted molar refractivity (Wildman–Crippen MR) is 92.6 cm³/mol. The molecule has 0 radical (unpaired) electrons. The molecule has 0 spiro atoms. The lowest BCUT2D eigenvalue weighted by molar-refractivity contribution is -0.111. The minimum atomic E-state index is -0.613. The van der Waals surface area contributed by atoms with E-state index in [0.29, 0.717) is 12.8 Å². The van der Waals surface area contributed by atoms with Gasteiger partial charge in [-0.15, -0.1) is 0 Å². The first kappa shape index (κ1) is 19.2. The van der Waals surface area contributed by atoms with Gasteiger partial charge < -0.3 is 16.0 Å². The highest BCUT2D eigenvalue weighted by atomic mass is 35.5. The summed E-state index contributed by atoms with van der Waals surface area (Å²) in [4.78, 5) is 23.5. The molecule has 0 aliphatic carbocycles. The number of nitrogens with one attached hydrogen (secondary N) is 4. The molecule has 1 aromatic rings. The Morgan fingerprint density at radius 1 is 1.42 bits per heavy atom. The highest BCUT2D eigenvalue weighted by molar-refractivity contribution is 6.67. The van der Waals surface area contributed by atoms with Crippen molar-refractivity contribution in [2.45, 2.75) is 6.92 Å². The number of hydrogen-bond acceptors (Lipinski definition) is 6. The van der Waals surface area contributed by atoms with Crippen LogP contribution in [0.1, 0.15) is 17.3 Å². The average Bonchev–Trinajstić information content (AvgIpc) is 2.55. The fourth-order valence-electron chi connectivity index (χ4n) is 1.72. The summed E-state index contributed by atoms with van der Waals surface area (Å²) < 4.78 is 13.2. The predicted octanol–water partition coefficient (Wildman–Crippen LogP) is 2.86. The van der Waals surface area contributed by atoms with Gasteiger partial charge in [-0.25, -0.2) is 4.39 Å². The third-order valence-electron chi connectivity index (χ3n) is 2.80. The van der Waals surface area contributed by atoms with Crippen molar-refractivity contribution in [1.82, 2.24) is 5.32 Å². The van der Waals surface area contributed by atoms with Crippen LogP contribution in [-0.4, -0.2) is 30.0 Å². The van der Waals surface area contributed by atoms with Crippen molar-refractivity contribution in [2.24, 2.45) is 0 Å². The molecule has 0 aliphatic heterocycles. The van der Waals surface area contributed by atoms with Crippen molar-refractivity contribution >= 4 is 40.7 Å². The number of ketones is 1. The maximum absolute atomic E-state index is 13.2. The molecule has 1 aromatic carbocycles. The van der Waals surface area contributed by atoms with E-state index in [4.69, 9.17) is 22.4 Å². The van der Waals surface area contributed by atoms with Crippen molar-refractivity contribution in [3.05, 3.63) is 53.1 Å². The van der Waals surface area contributed by atoms with Gasteiger partial charge in [0.2, 0.25) is 5.78 Å². The molecule has 8 heteroatoms. The normalized spacial score (nSPS) is 11.6. The van der Waals surface area contributed by atoms with Crippen LogP contribution in [0.3, 0.4) is 0 Å². The Morgan fingerprint density at radius 2 is 2.12 bits per heavy atom. The topological polar surface area (TPSA) is 106 Å². The van der Waals surface area contributed by atoms with Gasteiger partial charge in [0.15, 0.2) is 6.29 Å². The van der Waals surface area contributed by atoms with Gasteiger partial charge in [-0.3, -0.25) is 15.0 Å². The first-order valence-electron chi connectivity index (χ1n) is 6.89. The molecule has 0 fully saturated rings. The number of carbonyl (C=O) groups is 2. The maximum atomic E-state index is 13.2. The number of hydrogen-bond donors (Lipinski definition) is 4. The van der Waals surface area contributed by atoms with Gasteiger partial charge in [0.05, 0.1) is 11.3 Å². The van der Waals surface area contributed by atoms with Gasteiger partial charge in [0, 0.05) is 36.3 Å². The Kier molecular flexibility index (Phi) is 7.51. The van der Waals surface area contributed by atoms with Crippen LogP contribution < -0.4 is 10.6 Å². The van der Waals surface area contributed by atoms with Crippen molar-refractivity contribution in [2.75, 3.05) is 11.9 Å². The molecule has 0 saturated carbocycles. The first-order chi connectivity index (χ1) is 11.4. The summed E-state index contributed by atoms with van der Waals surface area (Å²) in [6.45, 7) is 2.37. The Bertz CT molecular complexity index is 729. The molecule has 126 valence electrons. The number of rotatable bonds is 9. The summed E-state index contributed by atoms with van der Waals surface area (Å²) >= 11 is 5.53. The van der Waals surface area contributed by atoms with E-state index in [2.05, 4.69) is 10.6 Å². The average molecular weight is 351 g/mol. The SMILES string of the molecule is CCN/C=C(\C=N)C(=O)/C(=C/C(=N)Cl)Nc1ccc(F)cc1C=O.